The summed E-state index contributed by atoms with van der Waals surface area (Å²) in [5, 5.41) is 29.1. The fraction of sp³-hybridized carbons (Fsp3) is 0.143. The molecule has 0 saturated heterocycles. The molecular formula is C14H12N4O5. The maximum atomic E-state index is 11.7. The fourth-order valence-electron chi connectivity index (χ4n) is 2.75. The number of hydrogen-bond acceptors (Lipinski definition) is 7. The van der Waals surface area contributed by atoms with E-state index in [1.165, 1.54) is 6.92 Å². The lowest BCUT2D eigenvalue weighted by Gasteiger charge is -2.28. The van der Waals surface area contributed by atoms with Crippen LogP contribution in [0.15, 0.2) is 45.5 Å². The Hall–Kier alpha value is -3.36. The van der Waals surface area contributed by atoms with Crippen molar-refractivity contribution in [3.8, 4) is 0 Å². The highest BCUT2D eigenvalue weighted by Crippen LogP contribution is 2.39. The van der Waals surface area contributed by atoms with Crippen molar-refractivity contribution in [2.45, 2.75) is 12.8 Å². The first-order valence-electron chi connectivity index (χ1n) is 6.57. The van der Waals surface area contributed by atoms with Crippen LogP contribution in [0.3, 0.4) is 0 Å². The Labute approximate surface area is 129 Å². The highest BCUT2D eigenvalue weighted by Gasteiger charge is 2.38. The largest absolute Gasteiger partial charge is 0.478 e. The minimum Gasteiger partial charge on any atom is -0.478 e. The van der Waals surface area contributed by atoms with Gasteiger partial charge in [0.2, 0.25) is 0 Å². The Bertz CT molecular complexity index is 859. The van der Waals surface area contributed by atoms with Gasteiger partial charge in [-0.2, -0.15) is 0 Å². The molecule has 1 aromatic carbocycles. The molecule has 9 nitrogen and oxygen atoms in total. The second-order valence-electron chi connectivity index (χ2n) is 5.01. The molecule has 118 valence electrons. The van der Waals surface area contributed by atoms with Crippen molar-refractivity contribution in [3.05, 3.63) is 46.4 Å². The summed E-state index contributed by atoms with van der Waals surface area (Å²) in [4.78, 5) is 23.3. The number of rotatable bonds is 3. The zero-order valence-corrected chi connectivity index (χ0v) is 11.9. The quantitative estimate of drug-likeness (QED) is 0.635. The summed E-state index contributed by atoms with van der Waals surface area (Å²) in [5.41, 5.74) is 6.70. The summed E-state index contributed by atoms with van der Waals surface area (Å²) in [6.45, 7) is 1.52. The van der Waals surface area contributed by atoms with E-state index in [2.05, 4.69) is 20.3 Å². The fourth-order valence-corrected chi connectivity index (χ4v) is 2.75. The SMILES string of the molecule is CC1=C(C(=O)O)C(c2cccc3nonc23)C(C(=O)O)=C(N)N1. The number of carbonyl (C=O) groups is 2. The third-order valence-electron chi connectivity index (χ3n) is 3.68. The normalized spacial score (nSPS) is 18.2. The van der Waals surface area contributed by atoms with Crippen LogP contribution in [-0.4, -0.2) is 32.5 Å². The summed E-state index contributed by atoms with van der Waals surface area (Å²) in [6.07, 6.45) is 0. The molecule has 0 saturated carbocycles. The zero-order valence-electron chi connectivity index (χ0n) is 11.9. The molecule has 1 atom stereocenters. The molecule has 0 radical (unpaired) electrons. The molecule has 0 aliphatic carbocycles. The second kappa shape index (κ2) is 5.13. The van der Waals surface area contributed by atoms with Crippen LogP contribution in [0, 0.1) is 0 Å². The van der Waals surface area contributed by atoms with Crippen LogP contribution in [-0.2, 0) is 9.59 Å². The predicted molar refractivity (Wildman–Crippen MR) is 76.9 cm³/mol. The number of nitrogens with two attached hydrogens (primary N) is 1. The molecule has 1 aromatic heterocycles. The Morgan fingerprint density at radius 1 is 1.22 bits per heavy atom. The Kier molecular flexibility index (Phi) is 3.25. The lowest BCUT2D eigenvalue weighted by atomic mass is 9.81. The summed E-state index contributed by atoms with van der Waals surface area (Å²) >= 11 is 0. The summed E-state index contributed by atoms with van der Waals surface area (Å²) < 4.78 is 4.67. The van der Waals surface area contributed by atoms with Gasteiger partial charge in [0.1, 0.15) is 16.9 Å². The average Bonchev–Trinajstić information content (AvgIpc) is 2.93. The zero-order chi connectivity index (χ0) is 16.7. The Balaban J connectivity index is 2.33. The van der Waals surface area contributed by atoms with Crippen LogP contribution in [0.5, 0.6) is 0 Å². The van der Waals surface area contributed by atoms with Crippen LogP contribution in [0.4, 0.5) is 0 Å². The van der Waals surface area contributed by atoms with Crippen molar-refractivity contribution in [2.75, 3.05) is 0 Å². The van der Waals surface area contributed by atoms with E-state index in [9.17, 15) is 19.8 Å². The lowest BCUT2D eigenvalue weighted by Crippen LogP contribution is -2.35. The Morgan fingerprint density at radius 2 is 1.91 bits per heavy atom. The van der Waals surface area contributed by atoms with Gasteiger partial charge >= 0.3 is 11.9 Å². The molecule has 2 heterocycles. The number of hydrogen-bond donors (Lipinski definition) is 4. The van der Waals surface area contributed by atoms with Crippen molar-refractivity contribution in [3.63, 3.8) is 0 Å². The van der Waals surface area contributed by atoms with Gasteiger partial charge in [0.25, 0.3) is 0 Å². The summed E-state index contributed by atoms with van der Waals surface area (Å²) in [7, 11) is 0. The number of carboxylic acid groups (broad SMARTS) is 2. The predicted octanol–water partition coefficient (Wildman–Crippen LogP) is 0.523. The number of aromatic nitrogens is 2. The minimum absolute atomic E-state index is 0.113. The maximum absolute atomic E-state index is 11.7. The van der Waals surface area contributed by atoms with Crippen LogP contribution in [0.2, 0.25) is 0 Å². The van der Waals surface area contributed by atoms with Crippen LogP contribution < -0.4 is 11.1 Å². The third kappa shape index (κ3) is 2.18. The first kappa shape index (κ1) is 14.6. The highest BCUT2D eigenvalue weighted by molar-refractivity contribution is 5.99. The molecule has 2 aromatic rings. The van der Waals surface area contributed by atoms with E-state index in [1.807, 2.05) is 0 Å². The number of dihydropyridines is 1. The summed E-state index contributed by atoms with van der Waals surface area (Å²) in [5.74, 6) is -3.78. The van der Waals surface area contributed by atoms with Gasteiger partial charge < -0.3 is 21.3 Å². The van der Waals surface area contributed by atoms with Gasteiger partial charge in [0, 0.05) is 5.70 Å². The lowest BCUT2D eigenvalue weighted by molar-refractivity contribution is -0.133. The van der Waals surface area contributed by atoms with Crippen LogP contribution >= 0.6 is 0 Å². The van der Waals surface area contributed by atoms with Crippen molar-refractivity contribution in [2.24, 2.45) is 5.73 Å². The van der Waals surface area contributed by atoms with Gasteiger partial charge in [-0.15, -0.1) is 0 Å². The van der Waals surface area contributed by atoms with E-state index < -0.39 is 17.9 Å². The first-order chi connectivity index (χ1) is 10.9. The van der Waals surface area contributed by atoms with E-state index in [1.54, 1.807) is 18.2 Å². The van der Waals surface area contributed by atoms with Gasteiger partial charge in [-0.1, -0.05) is 12.1 Å². The number of carboxylic acids is 2. The van der Waals surface area contributed by atoms with Gasteiger partial charge in [-0.25, -0.2) is 14.2 Å². The average molecular weight is 316 g/mol. The van der Waals surface area contributed by atoms with Crippen LogP contribution in [0.25, 0.3) is 11.0 Å². The van der Waals surface area contributed by atoms with Crippen molar-refractivity contribution < 1.29 is 24.4 Å². The molecule has 3 rings (SSSR count). The molecule has 23 heavy (non-hydrogen) atoms. The number of allylic oxidation sites excluding steroid dienone is 1. The molecule has 0 bridgehead atoms. The van der Waals surface area contributed by atoms with Crippen molar-refractivity contribution >= 4 is 23.0 Å². The molecule has 1 aliphatic rings. The molecule has 0 fully saturated rings. The van der Waals surface area contributed by atoms with Crippen LogP contribution in [0.1, 0.15) is 18.4 Å². The number of aliphatic carboxylic acids is 2. The van der Waals surface area contributed by atoms with Gasteiger partial charge in [-0.3, -0.25) is 0 Å². The second-order valence-corrected chi connectivity index (χ2v) is 5.01. The highest BCUT2D eigenvalue weighted by atomic mass is 16.6. The van der Waals surface area contributed by atoms with E-state index >= 15 is 0 Å². The molecule has 5 N–H and O–H groups in total. The molecule has 0 amide bonds. The monoisotopic (exact) mass is 316 g/mol. The molecule has 1 aliphatic heterocycles. The minimum atomic E-state index is -1.32. The van der Waals surface area contributed by atoms with Crippen molar-refractivity contribution in [1.82, 2.24) is 15.6 Å². The molecule has 1 unspecified atom stereocenters. The van der Waals surface area contributed by atoms with Gasteiger partial charge in [-0.05, 0) is 28.9 Å². The van der Waals surface area contributed by atoms with E-state index in [0.29, 0.717) is 11.1 Å². The number of nitrogens with zero attached hydrogens (tertiary/aromatic N) is 2. The third-order valence-corrected chi connectivity index (χ3v) is 3.68. The number of nitrogens with one attached hydrogen (secondary N) is 1. The number of benzene rings is 1. The number of fused-ring (bicyclic) bond motifs is 1. The first-order valence-corrected chi connectivity index (χ1v) is 6.57. The van der Waals surface area contributed by atoms with E-state index in [0.717, 1.165) is 0 Å². The molecule has 9 heteroatoms. The maximum Gasteiger partial charge on any atom is 0.336 e. The molecular weight excluding hydrogens is 304 g/mol. The topological polar surface area (TPSA) is 152 Å². The van der Waals surface area contributed by atoms with Gasteiger partial charge in [0.15, 0.2) is 0 Å². The standard InChI is InChI=1S/C14H12N4O5/c1-5-8(13(19)20)9(10(14(21)22)12(15)16-5)6-3-2-4-7-11(6)18-23-17-7/h2-4,9,16H,15H2,1H3,(H,19,20)(H,21,22). The Morgan fingerprint density at radius 3 is 2.57 bits per heavy atom. The van der Waals surface area contributed by atoms with E-state index in [-0.39, 0.29) is 28.2 Å². The van der Waals surface area contributed by atoms with Crippen molar-refractivity contribution in [1.29, 1.82) is 0 Å². The van der Waals surface area contributed by atoms with E-state index in [4.69, 9.17) is 5.73 Å². The smallest absolute Gasteiger partial charge is 0.336 e. The molecule has 0 spiro atoms. The van der Waals surface area contributed by atoms with Gasteiger partial charge in [0.05, 0.1) is 17.1 Å². The summed E-state index contributed by atoms with van der Waals surface area (Å²) in [6, 6.07) is 4.82.